The molecule has 4 aromatic rings. The number of hydrogen-bond donors (Lipinski definition) is 2. The van der Waals surface area contributed by atoms with Gasteiger partial charge in [0.2, 0.25) is 5.56 Å². The number of aromatic nitrogens is 6. The van der Waals surface area contributed by atoms with Gasteiger partial charge < -0.3 is 14.6 Å². The van der Waals surface area contributed by atoms with E-state index in [0.29, 0.717) is 42.3 Å². The van der Waals surface area contributed by atoms with Crippen LogP contribution in [0.3, 0.4) is 0 Å². The van der Waals surface area contributed by atoms with Crippen LogP contribution in [0, 0.1) is 6.92 Å². The van der Waals surface area contributed by atoms with Gasteiger partial charge in [-0.2, -0.15) is 10.2 Å². The third-order valence-corrected chi connectivity index (χ3v) is 6.31. The van der Waals surface area contributed by atoms with Gasteiger partial charge in [-0.05, 0) is 38.0 Å². The molecule has 2 bridgehead atoms. The van der Waals surface area contributed by atoms with Crippen LogP contribution in [0.5, 0.6) is 5.75 Å². The van der Waals surface area contributed by atoms with Crippen molar-refractivity contribution in [1.82, 2.24) is 34.8 Å². The number of nitrogens with one attached hydrogen (secondary N) is 2. The van der Waals surface area contributed by atoms with Gasteiger partial charge in [-0.1, -0.05) is 6.92 Å². The molecule has 2 N–H and O–H groups in total. The second kappa shape index (κ2) is 8.86. The van der Waals surface area contributed by atoms with Crippen molar-refractivity contribution < 1.29 is 9.53 Å². The topological polar surface area (TPSA) is 122 Å². The summed E-state index contributed by atoms with van der Waals surface area (Å²) in [5.74, 6) is 0.380. The highest BCUT2D eigenvalue weighted by Crippen LogP contribution is 2.31. The molecule has 0 radical (unpaired) electrons. The van der Waals surface area contributed by atoms with Crippen LogP contribution in [-0.2, 0) is 13.5 Å². The van der Waals surface area contributed by atoms with Gasteiger partial charge in [-0.15, -0.1) is 0 Å². The fourth-order valence-corrected chi connectivity index (χ4v) is 4.49. The Kier molecular flexibility index (Phi) is 5.72. The maximum Gasteiger partial charge on any atom is 0.274 e. The molecule has 0 saturated heterocycles. The first kappa shape index (κ1) is 22.6. The SMILES string of the molecule is CCc1c2c(nn1C)C(=O)N(C)CCCOc1c[nH]c(=O)cc1-c1cc3c([nH]nc3c(C)n1)C=C2. The maximum absolute atomic E-state index is 13.3. The molecule has 180 valence electrons. The van der Waals surface area contributed by atoms with Crippen molar-refractivity contribution in [2.75, 3.05) is 20.2 Å². The van der Waals surface area contributed by atoms with Gasteiger partial charge in [0, 0.05) is 55.1 Å². The minimum Gasteiger partial charge on any atom is -0.491 e. The number of aromatic amines is 2. The van der Waals surface area contributed by atoms with Gasteiger partial charge in [0.25, 0.3) is 5.91 Å². The lowest BCUT2D eigenvalue weighted by molar-refractivity contribution is 0.0781. The molecule has 1 aliphatic heterocycles. The smallest absolute Gasteiger partial charge is 0.274 e. The molecular formula is C25H27N7O3. The van der Waals surface area contributed by atoms with Crippen molar-refractivity contribution in [3.05, 3.63) is 57.0 Å². The number of ether oxygens (including phenoxy) is 1. The summed E-state index contributed by atoms with van der Waals surface area (Å²) in [5, 5.41) is 12.9. The Morgan fingerprint density at radius 1 is 1.17 bits per heavy atom. The molecule has 5 rings (SSSR count). The molecule has 0 aromatic carbocycles. The molecule has 1 amide bonds. The third-order valence-electron chi connectivity index (χ3n) is 6.31. The largest absolute Gasteiger partial charge is 0.491 e. The zero-order valence-corrected chi connectivity index (χ0v) is 20.2. The number of carbonyl (C=O) groups excluding carboxylic acids is 1. The van der Waals surface area contributed by atoms with E-state index < -0.39 is 0 Å². The number of fused-ring (bicyclic) bond motifs is 4. The number of nitrogens with zero attached hydrogens (tertiary/aromatic N) is 5. The van der Waals surface area contributed by atoms with Crippen molar-refractivity contribution >= 4 is 29.0 Å². The van der Waals surface area contributed by atoms with E-state index in [0.717, 1.165) is 40.0 Å². The summed E-state index contributed by atoms with van der Waals surface area (Å²) in [7, 11) is 3.62. The molecule has 0 unspecified atom stereocenters. The third kappa shape index (κ3) is 4.01. The monoisotopic (exact) mass is 473 g/mol. The minimum atomic E-state index is -0.241. The van der Waals surface area contributed by atoms with E-state index in [1.807, 2.05) is 39.1 Å². The average molecular weight is 474 g/mol. The quantitative estimate of drug-likeness (QED) is 0.438. The van der Waals surface area contributed by atoms with Crippen LogP contribution in [0.4, 0.5) is 0 Å². The minimum absolute atomic E-state index is 0.145. The standard InChI is InChI=1S/C25H27N7O3/c1-5-20-15-7-8-18-17-11-19(27-14(2)23(17)29-28-18)16-12-22(33)26-13-21(16)35-10-6-9-31(3)25(34)24(15)30-32(20)4/h7-8,11-13H,5-6,9-10H2,1-4H3,(H,26,33)(H,28,29). The summed E-state index contributed by atoms with van der Waals surface area (Å²) < 4.78 is 7.79. The highest BCUT2D eigenvalue weighted by molar-refractivity contribution is 5.98. The van der Waals surface area contributed by atoms with Crippen LogP contribution < -0.4 is 10.3 Å². The Balaban J connectivity index is 1.73. The van der Waals surface area contributed by atoms with E-state index in [9.17, 15) is 9.59 Å². The predicted octanol–water partition coefficient (Wildman–Crippen LogP) is 2.94. The second-order valence-electron chi connectivity index (χ2n) is 8.65. The van der Waals surface area contributed by atoms with E-state index in [1.165, 1.54) is 6.07 Å². The Labute approximate surface area is 201 Å². The highest BCUT2D eigenvalue weighted by atomic mass is 16.5. The van der Waals surface area contributed by atoms with Crippen LogP contribution >= 0.6 is 0 Å². The molecule has 4 aromatic heterocycles. The van der Waals surface area contributed by atoms with Gasteiger partial charge in [-0.3, -0.25) is 24.4 Å². The van der Waals surface area contributed by atoms with Gasteiger partial charge >= 0.3 is 0 Å². The molecule has 1 aliphatic rings. The Morgan fingerprint density at radius 3 is 2.80 bits per heavy atom. The Hall–Kier alpha value is -4.21. The number of rotatable bonds is 1. The normalized spacial score (nSPS) is 14.3. The fourth-order valence-electron chi connectivity index (χ4n) is 4.49. The Morgan fingerprint density at radius 2 is 2.00 bits per heavy atom. The number of hydrogen-bond acceptors (Lipinski definition) is 6. The second-order valence-corrected chi connectivity index (χ2v) is 8.65. The number of carbonyl (C=O) groups is 1. The highest BCUT2D eigenvalue weighted by Gasteiger charge is 2.23. The van der Waals surface area contributed by atoms with Crippen LogP contribution in [0.15, 0.2) is 23.1 Å². The summed E-state index contributed by atoms with van der Waals surface area (Å²) in [6.45, 7) is 4.79. The lowest BCUT2D eigenvalue weighted by atomic mass is 10.1. The van der Waals surface area contributed by atoms with Crippen LogP contribution in [0.2, 0.25) is 0 Å². The van der Waals surface area contributed by atoms with Crippen molar-refractivity contribution in [2.45, 2.75) is 26.7 Å². The first-order chi connectivity index (χ1) is 16.9. The molecule has 0 saturated carbocycles. The fraction of sp³-hybridized carbons (Fsp3) is 0.320. The zero-order chi connectivity index (χ0) is 24.7. The van der Waals surface area contributed by atoms with Gasteiger partial charge in [0.15, 0.2) is 5.69 Å². The van der Waals surface area contributed by atoms with E-state index in [-0.39, 0.29) is 11.5 Å². The first-order valence-corrected chi connectivity index (χ1v) is 11.6. The Bertz CT molecular complexity index is 1530. The molecule has 5 heterocycles. The molecule has 0 fully saturated rings. The number of amides is 1. The molecular weight excluding hydrogens is 446 g/mol. The molecule has 35 heavy (non-hydrogen) atoms. The predicted molar refractivity (Wildman–Crippen MR) is 133 cm³/mol. The van der Waals surface area contributed by atoms with Crippen molar-refractivity contribution in [2.24, 2.45) is 7.05 Å². The molecule has 0 spiro atoms. The van der Waals surface area contributed by atoms with Crippen molar-refractivity contribution in [1.29, 1.82) is 0 Å². The molecule has 0 aliphatic carbocycles. The number of H-pyrrole nitrogens is 2. The van der Waals surface area contributed by atoms with Crippen LogP contribution in [0.25, 0.3) is 34.3 Å². The first-order valence-electron chi connectivity index (χ1n) is 11.6. The van der Waals surface area contributed by atoms with Crippen LogP contribution in [0.1, 0.15) is 46.5 Å². The van der Waals surface area contributed by atoms with E-state index in [1.54, 1.807) is 22.8 Å². The van der Waals surface area contributed by atoms with Crippen molar-refractivity contribution in [3.63, 3.8) is 0 Å². The average Bonchev–Trinajstić information content (AvgIpc) is 3.40. The molecule has 10 nitrogen and oxygen atoms in total. The van der Waals surface area contributed by atoms with Gasteiger partial charge in [0.05, 0.1) is 23.7 Å². The number of aryl methyl sites for hydroxylation is 2. The maximum atomic E-state index is 13.3. The lowest BCUT2D eigenvalue weighted by Gasteiger charge is -2.17. The zero-order valence-electron chi connectivity index (χ0n) is 20.2. The molecule has 0 atom stereocenters. The van der Waals surface area contributed by atoms with E-state index >= 15 is 0 Å². The van der Waals surface area contributed by atoms with E-state index in [4.69, 9.17) is 9.72 Å². The van der Waals surface area contributed by atoms with Crippen molar-refractivity contribution in [3.8, 4) is 17.0 Å². The van der Waals surface area contributed by atoms with Crippen LogP contribution in [-0.4, -0.2) is 61.0 Å². The summed E-state index contributed by atoms with van der Waals surface area (Å²) in [6, 6.07) is 3.40. The van der Waals surface area contributed by atoms with Gasteiger partial charge in [-0.25, -0.2) is 0 Å². The number of pyridine rings is 2. The van der Waals surface area contributed by atoms with E-state index in [2.05, 4.69) is 20.3 Å². The summed E-state index contributed by atoms with van der Waals surface area (Å²) in [5.41, 5.74) is 5.41. The van der Waals surface area contributed by atoms with Gasteiger partial charge in [0.1, 0.15) is 11.3 Å². The summed E-state index contributed by atoms with van der Waals surface area (Å²) in [4.78, 5) is 34.5. The lowest BCUT2D eigenvalue weighted by Crippen LogP contribution is -2.29. The molecule has 10 heteroatoms. The summed E-state index contributed by atoms with van der Waals surface area (Å²) in [6.07, 6.45) is 6.72. The summed E-state index contributed by atoms with van der Waals surface area (Å²) >= 11 is 0.